The van der Waals surface area contributed by atoms with Crippen LogP contribution in [0.25, 0.3) is 0 Å². The average molecular weight is 364 g/mol. The van der Waals surface area contributed by atoms with Gasteiger partial charge in [-0.05, 0) is 19.3 Å². The number of halogens is 3. The lowest BCUT2D eigenvalue weighted by molar-refractivity contribution is -0.126. The summed E-state index contributed by atoms with van der Waals surface area (Å²) in [6.07, 6.45) is 2.15. The normalized spacial score (nSPS) is 19.7. The molecule has 0 aliphatic carbocycles. The van der Waals surface area contributed by atoms with Crippen molar-refractivity contribution in [2.75, 3.05) is 25.4 Å². The molecule has 1 fully saturated rings. The molecule has 1 amide bonds. The number of sulfonamides is 1. The summed E-state index contributed by atoms with van der Waals surface area (Å²) in [6.45, 7) is 0.397. The van der Waals surface area contributed by atoms with Gasteiger partial charge in [0.1, 0.15) is 6.04 Å². The number of nitrogens with two attached hydrogens (primary N) is 1. The largest absolute Gasteiger partial charge is 0.349 e. The lowest BCUT2D eigenvalue weighted by Crippen LogP contribution is -2.50. The highest BCUT2D eigenvalue weighted by Crippen LogP contribution is 2.22. The fourth-order valence-electron chi connectivity index (χ4n) is 2.19. The van der Waals surface area contributed by atoms with Crippen LogP contribution in [0.5, 0.6) is 0 Å². The Balaban J connectivity index is 0.00000441. The Hall–Kier alpha value is -0.510. The third-order valence-corrected chi connectivity index (χ3v) is 5.40. The average Bonchev–Trinajstić information content (AvgIpc) is 2.93. The maximum atomic E-state index is 13.0. The number of carbonyl (C=O) groups excluding carboxylic acids is 1. The van der Waals surface area contributed by atoms with E-state index < -0.39 is 41.0 Å². The molecular weight excluding hydrogens is 340 g/mol. The highest BCUT2D eigenvalue weighted by Gasteiger charge is 2.39. The Morgan fingerprint density at radius 3 is 2.64 bits per heavy atom. The van der Waals surface area contributed by atoms with Crippen LogP contribution in [0.15, 0.2) is 0 Å². The molecule has 1 aliphatic heterocycles. The summed E-state index contributed by atoms with van der Waals surface area (Å²) in [6, 6.07) is -0.888. The van der Waals surface area contributed by atoms with Gasteiger partial charge < -0.3 is 11.1 Å². The third-order valence-electron chi connectivity index (χ3n) is 3.44. The summed E-state index contributed by atoms with van der Waals surface area (Å²) >= 11 is 0. The van der Waals surface area contributed by atoms with E-state index in [9.17, 15) is 22.0 Å². The molecule has 3 N–H and O–H groups in total. The van der Waals surface area contributed by atoms with E-state index in [-0.39, 0.29) is 24.7 Å². The number of alkyl halides is 2. The Morgan fingerprint density at radius 2 is 2.09 bits per heavy atom. The smallest absolute Gasteiger partial charge is 0.277 e. The van der Waals surface area contributed by atoms with Crippen molar-refractivity contribution in [1.29, 1.82) is 0 Å². The van der Waals surface area contributed by atoms with Crippen LogP contribution in [0.2, 0.25) is 0 Å². The molecule has 0 aromatic heterocycles. The van der Waals surface area contributed by atoms with Gasteiger partial charge in [-0.1, -0.05) is 13.3 Å². The van der Waals surface area contributed by atoms with Gasteiger partial charge >= 0.3 is 0 Å². The third kappa shape index (κ3) is 5.94. The molecule has 0 radical (unpaired) electrons. The zero-order valence-corrected chi connectivity index (χ0v) is 14.2. The zero-order chi connectivity index (χ0) is 16.1. The van der Waals surface area contributed by atoms with E-state index in [1.54, 1.807) is 0 Å². The molecule has 0 bridgehead atoms. The van der Waals surface area contributed by atoms with Crippen molar-refractivity contribution in [1.82, 2.24) is 9.62 Å². The molecule has 0 aromatic carbocycles. The fourth-order valence-corrected chi connectivity index (χ4v) is 4.07. The molecule has 6 nitrogen and oxygen atoms in total. The topological polar surface area (TPSA) is 92.5 Å². The van der Waals surface area contributed by atoms with Gasteiger partial charge in [0.2, 0.25) is 15.9 Å². The van der Waals surface area contributed by atoms with Crippen LogP contribution in [-0.2, 0) is 14.8 Å². The molecule has 1 saturated heterocycles. The van der Waals surface area contributed by atoms with E-state index >= 15 is 0 Å². The molecule has 0 spiro atoms. The minimum absolute atomic E-state index is 0. The monoisotopic (exact) mass is 363 g/mol. The predicted octanol–water partition coefficient (Wildman–Crippen LogP) is 0.713. The SMILES string of the molecule is CCCCS(=O)(=O)N1CCCC1C(=O)NCC(F)(F)CN.Cl. The molecule has 1 heterocycles. The van der Waals surface area contributed by atoms with E-state index in [0.717, 1.165) is 10.7 Å². The second-order valence-corrected chi connectivity index (χ2v) is 7.26. The number of amides is 1. The van der Waals surface area contributed by atoms with Crippen molar-refractivity contribution in [3.63, 3.8) is 0 Å². The van der Waals surface area contributed by atoms with E-state index in [1.165, 1.54) is 0 Å². The van der Waals surface area contributed by atoms with Crippen LogP contribution in [-0.4, -0.2) is 56.0 Å². The molecule has 1 atom stereocenters. The molecule has 1 unspecified atom stereocenters. The van der Waals surface area contributed by atoms with Gasteiger partial charge in [-0.2, -0.15) is 4.31 Å². The standard InChI is InChI=1S/C12H23F2N3O3S.ClH/c1-2-3-7-21(19,20)17-6-4-5-10(17)11(18)16-9-12(13,14)8-15;/h10H,2-9,15H2,1H3,(H,16,18);1H. The van der Waals surface area contributed by atoms with E-state index in [1.807, 2.05) is 6.92 Å². The van der Waals surface area contributed by atoms with Crippen LogP contribution >= 0.6 is 12.4 Å². The summed E-state index contributed by atoms with van der Waals surface area (Å²) in [7, 11) is -3.52. The minimum atomic E-state index is -3.52. The first-order valence-electron chi connectivity index (χ1n) is 7.08. The maximum Gasteiger partial charge on any atom is 0.277 e. The Kier molecular flexibility index (Phi) is 8.74. The fraction of sp³-hybridized carbons (Fsp3) is 0.917. The van der Waals surface area contributed by atoms with Crippen LogP contribution in [0.1, 0.15) is 32.6 Å². The number of rotatable bonds is 8. The first kappa shape index (κ1) is 21.5. The molecule has 132 valence electrons. The Labute approximate surface area is 136 Å². The van der Waals surface area contributed by atoms with Gasteiger partial charge in [0.15, 0.2) is 0 Å². The predicted molar refractivity (Wildman–Crippen MR) is 82.7 cm³/mol. The van der Waals surface area contributed by atoms with Crippen molar-refractivity contribution in [3.8, 4) is 0 Å². The second kappa shape index (κ2) is 8.95. The Morgan fingerprint density at radius 1 is 1.45 bits per heavy atom. The van der Waals surface area contributed by atoms with E-state index in [4.69, 9.17) is 5.73 Å². The van der Waals surface area contributed by atoms with Gasteiger partial charge in [-0.15, -0.1) is 12.4 Å². The van der Waals surface area contributed by atoms with Crippen LogP contribution in [0.3, 0.4) is 0 Å². The van der Waals surface area contributed by atoms with Gasteiger partial charge in [-0.3, -0.25) is 4.79 Å². The lowest BCUT2D eigenvalue weighted by Gasteiger charge is -2.24. The molecule has 1 aliphatic rings. The minimum Gasteiger partial charge on any atom is -0.349 e. The first-order valence-corrected chi connectivity index (χ1v) is 8.69. The van der Waals surface area contributed by atoms with Crippen molar-refractivity contribution in [2.45, 2.75) is 44.6 Å². The molecule has 0 saturated carbocycles. The van der Waals surface area contributed by atoms with Crippen molar-refractivity contribution < 1.29 is 22.0 Å². The van der Waals surface area contributed by atoms with Crippen molar-refractivity contribution in [2.24, 2.45) is 5.73 Å². The second-order valence-electron chi connectivity index (χ2n) is 5.22. The highest BCUT2D eigenvalue weighted by molar-refractivity contribution is 7.89. The number of carbonyl (C=O) groups is 1. The van der Waals surface area contributed by atoms with Gasteiger partial charge in [0.25, 0.3) is 5.92 Å². The molecule has 10 heteroatoms. The number of nitrogens with zero attached hydrogens (tertiary/aromatic N) is 1. The van der Waals surface area contributed by atoms with Gasteiger partial charge in [-0.25, -0.2) is 17.2 Å². The highest BCUT2D eigenvalue weighted by atomic mass is 35.5. The quantitative estimate of drug-likeness (QED) is 0.664. The summed E-state index contributed by atoms with van der Waals surface area (Å²) in [4.78, 5) is 11.9. The molecule has 22 heavy (non-hydrogen) atoms. The lowest BCUT2D eigenvalue weighted by atomic mass is 10.2. The maximum absolute atomic E-state index is 13.0. The molecular formula is C12H24ClF2N3O3S. The van der Waals surface area contributed by atoms with Crippen LogP contribution in [0, 0.1) is 0 Å². The summed E-state index contributed by atoms with van der Waals surface area (Å²) in [5.41, 5.74) is 4.89. The zero-order valence-electron chi connectivity index (χ0n) is 12.6. The number of nitrogens with one attached hydrogen (secondary N) is 1. The van der Waals surface area contributed by atoms with Crippen LogP contribution < -0.4 is 11.1 Å². The molecule has 1 rings (SSSR count). The number of hydrogen-bond donors (Lipinski definition) is 2. The van der Waals surface area contributed by atoms with E-state index in [2.05, 4.69) is 5.32 Å². The van der Waals surface area contributed by atoms with Crippen molar-refractivity contribution >= 4 is 28.3 Å². The summed E-state index contributed by atoms with van der Waals surface area (Å²) in [5.74, 6) is -3.88. The summed E-state index contributed by atoms with van der Waals surface area (Å²) in [5, 5.41) is 2.10. The van der Waals surface area contributed by atoms with Gasteiger partial charge in [0, 0.05) is 6.54 Å². The molecule has 0 aromatic rings. The van der Waals surface area contributed by atoms with Gasteiger partial charge in [0.05, 0.1) is 18.8 Å². The van der Waals surface area contributed by atoms with E-state index in [0.29, 0.717) is 19.3 Å². The Bertz CT molecular complexity index is 463. The van der Waals surface area contributed by atoms with Crippen molar-refractivity contribution in [3.05, 3.63) is 0 Å². The summed E-state index contributed by atoms with van der Waals surface area (Å²) < 4.78 is 51.5. The number of hydrogen-bond acceptors (Lipinski definition) is 4. The number of unbranched alkanes of at least 4 members (excludes halogenated alkanes) is 1. The first-order chi connectivity index (χ1) is 9.73. The van der Waals surface area contributed by atoms with Crippen LogP contribution in [0.4, 0.5) is 8.78 Å².